The fraction of sp³-hybridized carbons (Fsp3) is 0.207. The molecule has 0 unspecified atom stereocenters. The molecule has 1 saturated heterocycles. The van der Waals surface area contributed by atoms with Crippen molar-refractivity contribution in [1.82, 2.24) is 4.98 Å². The standard InChI is InChI=1S/C29H21F3N2O4S2/c1-15-5-4-6-16(13-15)14-38-18-11-9-17(10-12-18)21-22-24(39-25-23(21)40-28(37)33-25)27(36)34(26(22)35)20-8-3-2-7-19(20)29(30,31)32/h2-13,21-22,24H,14H2,1H3,(H,33,37)/t21-,22-,24+/m0/s1. The molecule has 2 aliphatic heterocycles. The summed E-state index contributed by atoms with van der Waals surface area (Å²) in [4.78, 5) is 43.2. The summed E-state index contributed by atoms with van der Waals surface area (Å²) in [7, 11) is 0. The number of nitrogens with zero attached hydrogens (tertiary/aromatic N) is 1. The summed E-state index contributed by atoms with van der Waals surface area (Å²) < 4.78 is 47.3. The minimum atomic E-state index is -4.75. The van der Waals surface area contributed by atoms with Crippen LogP contribution in [-0.4, -0.2) is 22.0 Å². The predicted octanol–water partition coefficient (Wildman–Crippen LogP) is 6.14. The molecule has 204 valence electrons. The maximum Gasteiger partial charge on any atom is 0.418 e. The van der Waals surface area contributed by atoms with E-state index in [0.717, 1.165) is 46.4 Å². The summed E-state index contributed by atoms with van der Waals surface area (Å²) in [6.45, 7) is 2.35. The lowest BCUT2D eigenvalue weighted by molar-refractivity contribution is -0.137. The van der Waals surface area contributed by atoms with Gasteiger partial charge in [0.05, 0.1) is 22.2 Å². The molecule has 4 aromatic rings. The highest BCUT2D eigenvalue weighted by Crippen LogP contribution is 2.54. The van der Waals surface area contributed by atoms with Crippen LogP contribution in [0, 0.1) is 12.8 Å². The average Bonchev–Trinajstić information content (AvgIpc) is 3.41. The van der Waals surface area contributed by atoms with Crippen LogP contribution in [0.25, 0.3) is 0 Å². The Bertz CT molecular complexity index is 1680. The number of hydrogen-bond donors (Lipinski definition) is 1. The summed E-state index contributed by atoms with van der Waals surface area (Å²) in [5.74, 6) is -2.57. The minimum Gasteiger partial charge on any atom is -0.489 e. The van der Waals surface area contributed by atoms with E-state index in [1.165, 1.54) is 12.1 Å². The van der Waals surface area contributed by atoms with Gasteiger partial charge < -0.3 is 9.72 Å². The molecule has 3 heterocycles. The lowest BCUT2D eigenvalue weighted by Gasteiger charge is -2.29. The van der Waals surface area contributed by atoms with Crippen LogP contribution in [0.15, 0.2) is 82.6 Å². The lowest BCUT2D eigenvalue weighted by atomic mass is 9.83. The first-order chi connectivity index (χ1) is 19.1. The van der Waals surface area contributed by atoms with Crippen molar-refractivity contribution in [3.8, 4) is 5.75 Å². The molecule has 0 bridgehead atoms. The second-order valence-corrected chi connectivity index (χ2v) is 11.8. The lowest BCUT2D eigenvalue weighted by Crippen LogP contribution is -2.33. The Morgan fingerprint density at radius 3 is 2.42 bits per heavy atom. The number of carbonyl (C=O) groups excluding carboxylic acids is 2. The van der Waals surface area contributed by atoms with Crippen LogP contribution in [0.4, 0.5) is 18.9 Å². The van der Waals surface area contributed by atoms with Gasteiger partial charge in [-0.1, -0.05) is 77.2 Å². The highest BCUT2D eigenvalue weighted by Gasteiger charge is 2.57. The largest absolute Gasteiger partial charge is 0.489 e. The molecular weight excluding hydrogens is 561 g/mol. The van der Waals surface area contributed by atoms with Crippen molar-refractivity contribution in [2.24, 2.45) is 5.92 Å². The van der Waals surface area contributed by atoms with E-state index in [1.807, 2.05) is 31.2 Å². The van der Waals surface area contributed by atoms with Gasteiger partial charge in [0, 0.05) is 10.8 Å². The van der Waals surface area contributed by atoms with E-state index in [1.54, 1.807) is 24.3 Å². The Morgan fingerprint density at radius 1 is 0.950 bits per heavy atom. The normalized spacial score (nSPS) is 20.4. The van der Waals surface area contributed by atoms with Crippen molar-refractivity contribution in [3.63, 3.8) is 0 Å². The Morgan fingerprint density at radius 2 is 1.70 bits per heavy atom. The van der Waals surface area contributed by atoms with Gasteiger partial charge in [-0.05, 0) is 42.3 Å². The number of rotatable bonds is 5. The van der Waals surface area contributed by atoms with Crippen molar-refractivity contribution in [1.29, 1.82) is 0 Å². The quantitative estimate of drug-likeness (QED) is 0.286. The molecule has 3 atom stereocenters. The van der Waals surface area contributed by atoms with Crippen LogP contribution in [0.3, 0.4) is 0 Å². The molecule has 1 N–H and O–H groups in total. The Balaban J connectivity index is 1.35. The Labute approximate surface area is 234 Å². The van der Waals surface area contributed by atoms with E-state index in [2.05, 4.69) is 4.98 Å². The van der Waals surface area contributed by atoms with Crippen molar-refractivity contribution in [2.45, 2.75) is 35.9 Å². The van der Waals surface area contributed by atoms with Gasteiger partial charge in [0.25, 0.3) is 0 Å². The summed E-state index contributed by atoms with van der Waals surface area (Å²) in [6, 6.07) is 19.5. The van der Waals surface area contributed by atoms with E-state index in [-0.39, 0.29) is 4.87 Å². The van der Waals surface area contributed by atoms with Gasteiger partial charge in [-0.25, -0.2) is 4.90 Å². The number of benzene rings is 3. The van der Waals surface area contributed by atoms with E-state index in [9.17, 15) is 27.6 Å². The molecule has 40 heavy (non-hydrogen) atoms. The molecule has 11 heteroatoms. The number of amides is 2. The van der Waals surface area contributed by atoms with Crippen molar-refractivity contribution < 1.29 is 27.5 Å². The molecule has 6 rings (SSSR count). The molecule has 1 aromatic heterocycles. The van der Waals surface area contributed by atoms with Gasteiger partial charge in [-0.15, -0.1) is 0 Å². The molecule has 2 amide bonds. The SMILES string of the molecule is Cc1cccc(COc2ccc([C@@H]3c4sc(=O)[nH]c4S[C@H]4C(=O)N(c5ccccc5C(F)(F)F)C(=O)[C@@H]34)cc2)c1. The summed E-state index contributed by atoms with van der Waals surface area (Å²) in [6.07, 6.45) is -4.75. The average molecular weight is 583 g/mol. The molecule has 0 spiro atoms. The number of alkyl halides is 3. The number of imide groups is 1. The molecule has 0 saturated carbocycles. The molecule has 2 aliphatic rings. The van der Waals surface area contributed by atoms with Gasteiger partial charge in [0.15, 0.2) is 0 Å². The first-order valence-electron chi connectivity index (χ1n) is 12.3. The number of nitrogens with one attached hydrogen (secondary N) is 1. The zero-order chi connectivity index (χ0) is 28.2. The first kappa shape index (κ1) is 26.4. The molecule has 1 fully saturated rings. The molecule has 3 aromatic carbocycles. The van der Waals surface area contributed by atoms with Crippen molar-refractivity contribution in [2.75, 3.05) is 4.90 Å². The number of thiazole rings is 1. The topological polar surface area (TPSA) is 79.5 Å². The van der Waals surface area contributed by atoms with Crippen LogP contribution in [0.1, 0.15) is 33.0 Å². The summed E-state index contributed by atoms with van der Waals surface area (Å²) in [5.41, 5.74) is 1.23. The smallest absolute Gasteiger partial charge is 0.418 e. The number of anilines is 1. The van der Waals surface area contributed by atoms with Gasteiger partial charge in [-0.2, -0.15) is 13.2 Å². The third kappa shape index (κ3) is 4.62. The number of ether oxygens (including phenoxy) is 1. The number of carbonyl (C=O) groups is 2. The molecule has 0 aliphatic carbocycles. The molecule has 6 nitrogen and oxygen atoms in total. The monoisotopic (exact) mass is 582 g/mol. The van der Waals surface area contributed by atoms with Crippen LogP contribution >= 0.6 is 23.1 Å². The van der Waals surface area contributed by atoms with E-state index >= 15 is 0 Å². The van der Waals surface area contributed by atoms with E-state index < -0.39 is 46.3 Å². The van der Waals surface area contributed by atoms with Gasteiger partial charge in [0.2, 0.25) is 11.8 Å². The number of aryl methyl sites for hydroxylation is 1. The Hall–Kier alpha value is -3.83. The van der Waals surface area contributed by atoms with Crippen LogP contribution in [-0.2, 0) is 22.4 Å². The van der Waals surface area contributed by atoms with Crippen molar-refractivity contribution >= 4 is 40.6 Å². The fourth-order valence-corrected chi connectivity index (χ4v) is 7.78. The number of thioether (sulfide) groups is 1. The number of fused-ring (bicyclic) bond motifs is 2. The Kier molecular flexibility index (Phi) is 6.58. The van der Waals surface area contributed by atoms with E-state index in [0.29, 0.717) is 32.7 Å². The third-order valence-electron chi connectivity index (χ3n) is 7.00. The number of para-hydroxylation sites is 1. The van der Waals surface area contributed by atoms with Crippen LogP contribution in [0.5, 0.6) is 5.75 Å². The highest BCUT2D eigenvalue weighted by molar-refractivity contribution is 8.00. The van der Waals surface area contributed by atoms with Crippen LogP contribution < -0.4 is 14.5 Å². The summed E-state index contributed by atoms with van der Waals surface area (Å²) in [5, 5.41) is -0.540. The van der Waals surface area contributed by atoms with Crippen LogP contribution in [0.2, 0.25) is 0 Å². The number of aromatic nitrogens is 1. The number of hydrogen-bond acceptors (Lipinski definition) is 6. The maximum absolute atomic E-state index is 13.8. The zero-order valence-electron chi connectivity index (χ0n) is 20.9. The second kappa shape index (κ2) is 9.97. The van der Waals surface area contributed by atoms with Gasteiger partial charge in [-0.3, -0.25) is 14.4 Å². The first-order valence-corrected chi connectivity index (χ1v) is 14.0. The van der Waals surface area contributed by atoms with Gasteiger partial charge in [0.1, 0.15) is 17.6 Å². The minimum absolute atomic E-state index is 0.334. The third-order valence-corrected chi connectivity index (χ3v) is 9.40. The van der Waals surface area contributed by atoms with E-state index in [4.69, 9.17) is 4.74 Å². The molecule has 0 radical (unpaired) electrons. The fourth-order valence-electron chi connectivity index (χ4n) is 5.26. The van der Waals surface area contributed by atoms with Gasteiger partial charge >= 0.3 is 11.0 Å². The molecular formula is C29H21F3N2O4S2. The predicted molar refractivity (Wildman–Crippen MR) is 146 cm³/mol. The number of aromatic amines is 1. The number of H-pyrrole nitrogens is 1. The maximum atomic E-state index is 13.8. The second-order valence-electron chi connectivity index (χ2n) is 9.62. The zero-order valence-corrected chi connectivity index (χ0v) is 22.5. The summed E-state index contributed by atoms with van der Waals surface area (Å²) >= 11 is 1.95. The van der Waals surface area contributed by atoms with Crippen molar-refractivity contribution in [3.05, 3.63) is 110 Å². The number of halogens is 3. The highest BCUT2D eigenvalue weighted by atomic mass is 32.2.